The molecule has 102 valence electrons. The Kier molecular flexibility index (Phi) is 6.01. The number of hydrogen-bond acceptors (Lipinski definition) is 3. The van der Waals surface area contributed by atoms with Gasteiger partial charge in [-0.2, -0.15) is 0 Å². The average molecular weight is 258 g/mol. The minimum atomic E-state index is -0.585. The lowest BCUT2D eigenvalue weighted by Gasteiger charge is -2.23. The predicted molar refractivity (Wildman–Crippen MR) is 68.7 cm³/mol. The summed E-state index contributed by atoms with van der Waals surface area (Å²) in [6.07, 6.45) is 0. The van der Waals surface area contributed by atoms with Crippen molar-refractivity contribution in [2.45, 2.75) is 20.4 Å². The maximum Gasteiger partial charge on any atom is 0.149 e. The van der Waals surface area contributed by atoms with Gasteiger partial charge in [0.15, 0.2) is 0 Å². The van der Waals surface area contributed by atoms with Crippen LogP contribution in [0.5, 0.6) is 0 Å². The van der Waals surface area contributed by atoms with Gasteiger partial charge in [0.2, 0.25) is 0 Å². The Bertz CT molecular complexity index is 362. The van der Waals surface area contributed by atoms with E-state index >= 15 is 0 Å². The van der Waals surface area contributed by atoms with Crippen molar-refractivity contribution in [1.82, 2.24) is 5.32 Å². The second-order valence-corrected chi connectivity index (χ2v) is 3.99. The SMILES string of the molecule is CCNCc1cc(F)c(N(CC)CCO)c(F)c1. The van der Waals surface area contributed by atoms with E-state index in [2.05, 4.69) is 5.32 Å². The molecular weight excluding hydrogens is 238 g/mol. The summed E-state index contributed by atoms with van der Waals surface area (Å²) >= 11 is 0. The van der Waals surface area contributed by atoms with Crippen LogP contribution in [0.3, 0.4) is 0 Å². The zero-order chi connectivity index (χ0) is 13.5. The molecule has 0 amide bonds. The van der Waals surface area contributed by atoms with Gasteiger partial charge in [0.25, 0.3) is 0 Å². The van der Waals surface area contributed by atoms with E-state index in [1.165, 1.54) is 17.0 Å². The molecule has 1 aromatic rings. The Morgan fingerprint density at radius 2 is 1.83 bits per heavy atom. The van der Waals surface area contributed by atoms with E-state index in [4.69, 9.17) is 5.11 Å². The van der Waals surface area contributed by atoms with Crippen LogP contribution in [0.25, 0.3) is 0 Å². The zero-order valence-electron chi connectivity index (χ0n) is 10.8. The Labute approximate surface area is 106 Å². The molecule has 0 aliphatic heterocycles. The Morgan fingerprint density at radius 1 is 1.22 bits per heavy atom. The monoisotopic (exact) mass is 258 g/mol. The van der Waals surface area contributed by atoms with Crippen LogP contribution in [0.4, 0.5) is 14.5 Å². The van der Waals surface area contributed by atoms with Gasteiger partial charge in [-0.3, -0.25) is 0 Å². The predicted octanol–water partition coefficient (Wildman–Crippen LogP) is 1.89. The molecule has 1 rings (SSSR count). The smallest absolute Gasteiger partial charge is 0.149 e. The third kappa shape index (κ3) is 3.65. The van der Waals surface area contributed by atoms with E-state index in [1.807, 2.05) is 6.92 Å². The van der Waals surface area contributed by atoms with E-state index < -0.39 is 11.6 Å². The first-order valence-corrected chi connectivity index (χ1v) is 6.18. The lowest BCUT2D eigenvalue weighted by atomic mass is 10.1. The lowest BCUT2D eigenvalue weighted by Crippen LogP contribution is -2.28. The van der Waals surface area contributed by atoms with Gasteiger partial charge < -0.3 is 15.3 Å². The fourth-order valence-electron chi connectivity index (χ4n) is 1.84. The van der Waals surface area contributed by atoms with Gasteiger partial charge in [-0.05, 0) is 31.2 Å². The highest BCUT2D eigenvalue weighted by Crippen LogP contribution is 2.24. The van der Waals surface area contributed by atoms with Crippen molar-refractivity contribution in [3.8, 4) is 0 Å². The van der Waals surface area contributed by atoms with Crippen LogP contribution >= 0.6 is 0 Å². The Balaban J connectivity index is 2.99. The molecule has 1 aromatic carbocycles. The van der Waals surface area contributed by atoms with Crippen LogP contribution in [0.2, 0.25) is 0 Å². The van der Waals surface area contributed by atoms with Crippen molar-refractivity contribution in [2.75, 3.05) is 31.1 Å². The molecular formula is C13H20F2N2O. The number of aliphatic hydroxyl groups is 1. The molecule has 0 unspecified atom stereocenters. The van der Waals surface area contributed by atoms with Crippen molar-refractivity contribution in [1.29, 1.82) is 0 Å². The number of nitrogens with zero attached hydrogens (tertiary/aromatic N) is 1. The van der Waals surface area contributed by atoms with Gasteiger partial charge in [0.05, 0.1) is 6.61 Å². The minimum absolute atomic E-state index is 0.0631. The number of nitrogens with one attached hydrogen (secondary N) is 1. The summed E-state index contributed by atoms with van der Waals surface area (Å²) < 4.78 is 27.8. The van der Waals surface area contributed by atoms with Crippen molar-refractivity contribution in [3.05, 3.63) is 29.3 Å². The second kappa shape index (κ2) is 7.28. The van der Waals surface area contributed by atoms with Gasteiger partial charge in [0, 0.05) is 19.6 Å². The van der Waals surface area contributed by atoms with Crippen LogP contribution in [-0.2, 0) is 6.54 Å². The molecule has 2 N–H and O–H groups in total. The fourth-order valence-corrected chi connectivity index (χ4v) is 1.84. The number of hydrogen-bond donors (Lipinski definition) is 2. The third-order valence-electron chi connectivity index (χ3n) is 2.72. The molecule has 3 nitrogen and oxygen atoms in total. The van der Waals surface area contributed by atoms with Crippen LogP contribution in [0.1, 0.15) is 19.4 Å². The molecule has 0 saturated heterocycles. The number of likely N-dealkylation sites (N-methyl/N-ethyl adjacent to an activating group) is 1. The Morgan fingerprint density at radius 3 is 2.28 bits per heavy atom. The lowest BCUT2D eigenvalue weighted by molar-refractivity contribution is 0.301. The van der Waals surface area contributed by atoms with Crippen LogP contribution in [0, 0.1) is 11.6 Å². The first-order chi connectivity index (χ1) is 8.63. The quantitative estimate of drug-likeness (QED) is 0.784. The normalized spacial score (nSPS) is 10.7. The molecule has 0 aromatic heterocycles. The van der Waals surface area contributed by atoms with Gasteiger partial charge in [-0.1, -0.05) is 6.92 Å². The van der Waals surface area contributed by atoms with Crippen LogP contribution in [-0.4, -0.2) is 31.3 Å². The van der Waals surface area contributed by atoms with E-state index in [-0.39, 0.29) is 18.8 Å². The molecule has 0 radical (unpaired) electrons. The van der Waals surface area contributed by atoms with E-state index in [1.54, 1.807) is 6.92 Å². The van der Waals surface area contributed by atoms with Crippen molar-refractivity contribution in [2.24, 2.45) is 0 Å². The van der Waals surface area contributed by atoms with E-state index in [0.717, 1.165) is 6.54 Å². The van der Waals surface area contributed by atoms with E-state index in [0.29, 0.717) is 18.7 Å². The van der Waals surface area contributed by atoms with Gasteiger partial charge in [0.1, 0.15) is 17.3 Å². The summed E-state index contributed by atoms with van der Waals surface area (Å²) in [5.41, 5.74) is 0.516. The number of anilines is 1. The van der Waals surface area contributed by atoms with Gasteiger partial charge in [-0.15, -0.1) is 0 Å². The highest BCUT2D eigenvalue weighted by atomic mass is 19.1. The number of rotatable bonds is 7. The van der Waals surface area contributed by atoms with Crippen molar-refractivity contribution >= 4 is 5.69 Å². The molecule has 0 heterocycles. The molecule has 5 heteroatoms. The fraction of sp³-hybridized carbons (Fsp3) is 0.538. The number of aliphatic hydroxyl groups excluding tert-OH is 1. The highest BCUT2D eigenvalue weighted by Gasteiger charge is 2.16. The molecule has 0 saturated carbocycles. The summed E-state index contributed by atoms with van der Waals surface area (Å²) in [6, 6.07) is 2.67. The largest absolute Gasteiger partial charge is 0.395 e. The molecule has 0 bridgehead atoms. The molecule has 18 heavy (non-hydrogen) atoms. The average Bonchev–Trinajstić information content (AvgIpc) is 2.34. The molecule has 0 aliphatic rings. The number of halogens is 2. The topological polar surface area (TPSA) is 35.5 Å². The summed E-state index contributed by atoms with van der Waals surface area (Å²) in [6.45, 7) is 5.44. The first-order valence-electron chi connectivity index (χ1n) is 6.18. The van der Waals surface area contributed by atoms with Crippen molar-refractivity contribution < 1.29 is 13.9 Å². The van der Waals surface area contributed by atoms with Crippen LogP contribution < -0.4 is 10.2 Å². The maximum atomic E-state index is 13.9. The maximum absolute atomic E-state index is 13.9. The second-order valence-electron chi connectivity index (χ2n) is 3.99. The standard InChI is InChI=1S/C13H20F2N2O/c1-3-16-9-10-7-11(14)13(12(15)8-10)17(4-2)5-6-18/h7-8,16,18H,3-6,9H2,1-2H3. The number of benzene rings is 1. The first kappa shape index (κ1) is 14.9. The van der Waals surface area contributed by atoms with Crippen molar-refractivity contribution in [3.63, 3.8) is 0 Å². The minimum Gasteiger partial charge on any atom is -0.395 e. The summed E-state index contributed by atoms with van der Waals surface area (Å²) in [7, 11) is 0. The molecule has 0 aliphatic carbocycles. The van der Waals surface area contributed by atoms with Crippen LogP contribution in [0.15, 0.2) is 12.1 Å². The summed E-state index contributed by atoms with van der Waals surface area (Å²) in [4.78, 5) is 1.49. The summed E-state index contributed by atoms with van der Waals surface area (Å²) in [5, 5.41) is 11.9. The van der Waals surface area contributed by atoms with Gasteiger partial charge in [-0.25, -0.2) is 8.78 Å². The molecule has 0 spiro atoms. The Hall–Kier alpha value is -1.20. The summed E-state index contributed by atoms with van der Waals surface area (Å²) in [5.74, 6) is -1.17. The highest BCUT2D eigenvalue weighted by molar-refractivity contribution is 5.50. The molecule has 0 fully saturated rings. The van der Waals surface area contributed by atoms with Gasteiger partial charge >= 0.3 is 0 Å². The third-order valence-corrected chi connectivity index (χ3v) is 2.72. The zero-order valence-corrected chi connectivity index (χ0v) is 10.8. The van der Waals surface area contributed by atoms with E-state index in [9.17, 15) is 8.78 Å². The molecule has 0 atom stereocenters.